The molecule has 6 nitrogen and oxygen atoms in total. The van der Waals surface area contributed by atoms with Gasteiger partial charge >= 0.3 is 0 Å². The highest BCUT2D eigenvalue weighted by Crippen LogP contribution is 2.32. The third kappa shape index (κ3) is 4.74. The third-order valence-electron chi connectivity index (χ3n) is 7.68. The van der Waals surface area contributed by atoms with Gasteiger partial charge in [-0.25, -0.2) is 19.9 Å². The molecule has 0 radical (unpaired) electrons. The molecule has 0 spiro atoms. The fourth-order valence-electron chi connectivity index (χ4n) is 5.46. The Balaban J connectivity index is 1.21. The molecule has 0 amide bonds. The van der Waals surface area contributed by atoms with Crippen molar-refractivity contribution in [2.75, 3.05) is 0 Å². The van der Waals surface area contributed by atoms with Crippen LogP contribution in [0, 0.1) is 0 Å². The summed E-state index contributed by atoms with van der Waals surface area (Å²) in [4.78, 5) is 28.8. The van der Waals surface area contributed by atoms with Crippen LogP contribution >= 0.6 is 0 Å². The van der Waals surface area contributed by atoms with E-state index in [1.807, 2.05) is 103 Å². The molecule has 0 N–H and O–H groups in total. The Bertz CT molecular complexity index is 2250. The van der Waals surface area contributed by atoms with E-state index < -0.39 is 0 Å². The molecule has 0 fully saturated rings. The molecule has 206 valence electrons. The second kappa shape index (κ2) is 10.9. The molecule has 44 heavy (non-hydrogen) atoms. The van der Waals surface area contributed by atoms with E-state index in [4.69, 9.17) is 24.9 Å². The van der Waals surface area contributed by atoms with Crippen molar-refractivity contribution in [3.05, 3.63) is 146 Å². The zero-order chi connectivity index (χ0) is 29.3. The summed E-state index contributed by atoms with van der Waals surface area (Å²) in [5, 5.41) is 3.35. The van der Waals surface area contributed by atoms with Crippen molar-refractivity contribution in [1.82, 2.24) is 29.9 Å². The molecular formula is C38H24N6. The van der Waals surface area contributed by atoms with Crippen molar-refractivity contribution in [2.24, 2.45) is 0 Å². The highest BCUT2D eigenvalue weighted by atomic mass is 15.0. The SMILES string of the molecule is c1ccc(-c2nc(-c3ccc(-c4cccnc4)cc3)nc(-c3ccc(-c4nc5ccccc5c5ccccc45)nc3)n2)cc1. The number of hydrogen-bond donors (Lipinski definition) is 0. The number of rotatable bonds is 5. The van der Waals surface area contributed by atoms with Crippen LogP contribution in [0.4, 0.5) is 0 Å². The highest BCUT2D eigenvalue weighted by molar-refractivity contribution is 6.10. The van der Waals surface area contributed by atoms with E-state index in [0.717, 1.165) is 60.9 Å². The van der Waals surface area contributed by atoms with Gasteiger partial charge in [-0.05, 0) is 40.8 Å². The van der Waals surface area contributed by atoms with Crippen molar-refractivity contribution >= 4 is 21.7 Å². The van der Waals surface area contributed by atoms with Crippen LogP contribution in [-0.2, 0) is 0 Å². The molecule has 0 aliphatic heterocycles. The Morgan fingerprint density at radius 3 is 1.66 bits per heavy atom. The summed E-state index contributed by atoms with van der Waals surface area (Å²) in [6, 6.07) is 42.7. The van der Waals surface area contributed by atoms with Crippen LogP contribution in [0.2, 0.25) is 0 Å². The average Bonchev–Trinajstić information content (AvgIpc) is 3.12. The quantitative estimate of drug-likeness (QED) is 0.195. The molecule has 0 aliphatic carbocycles. The van der Waals surface area contributed by atoms with Gasteiger partial charge in [-0.1, -0.05) is 103 Å². The Hall–Kier alpha value is -6.14. The van der Waals surface area contributed by atoms with Crippen molar-refractivity contribution in [2.45, 2.75) is 0 Å². The standard InChI is InChI=1S/C38H24N6/c1-2-9-26(10-3-1)36-42-37(27-18-16-25(17-19-27)28-11-8-22-39-23-28)44-38(43-36)29-20-21-34(40-24-29)35-32-14-5-4-12-30(32)31-13-6-7-15-33(31)41-35/h1-24H. The summed E-state index contributed by atoms with van der Waals surface area (Å²) < 4.78 is 0. The first-order chi connectivity index (χ1) is 21.8. The van der Waals surface area contributed by atoms with E-state index >= 15 is 0 Å². The Morgan fingerprint density at radius 1 is 0.364 bits per heavy atom. The summed E-state index contributed by atoms with van der Waals surface area (Å²) in [7, 11) is 0. The summed E-state index contributed by atoms with van der Waals surface area (Å²) in [6.07, 6.45) is 5.45. The zero-order valence-electron chi connectivity index (χ0n) is 23.5. The predicted molar refractivity (Wildman–Crippen MR) is 175 cm³/mol. The van der Waals surface area contributed by atoms with Gasteiger partial charge in [-0.3, -0.25) is 9.97 Å². The van der Waals surface area contributed by atoms with Gasteiger partial charge in [-0.15, -0.1) is 0 Å². The van der Waals surface area contributed by atoms with Gasteiger partial charge < -0.3 is 0 Å². The predicted octanol–water partition coefficient (Wildman–Crippen LogP) is 8.70. The fraction of sp³-hybridized carbons (Fsp3) is 0. The van der Waals surface area contributed by atoms with Crippen LogP contribution in [0.3, 0.4) is 0 Å². The van der Waals surface area contributed by atoms with Crippen molar-refractivity contribution < 1.29 is 0 Å². The van der Waals surface area contributed by atoms with Crippen LogP contribution in [0.1, 0.15) is 0 Å². The van der Waals surface area contributed by atoms with Crippen LogP contribution < -0.4 is 0 Å². The Labute approximate surface area is 253 Å². The lowest BCUT2D eigenvalue weighted by atomic mass is 10.0. The molecule has 0 saturated heterocycles. The minimum atomic E-state index is 0.556. The number of pyridine rings is 3. The van der Waals surface area contributed by atoms with E-state index in [9.17, 15) is 0 Å². The third-order valence-corrected chi connectivity index (χ3v) is 7.68. The highest BCUT2D eigenvalue weighted by Gasteiger charge is 2.15. The molecule has 0 unspecified atom stereocenters. The first-order valence-electron chi connectivity index (χ1n) is 14.4. The molecular weight excluding hydrogens is 540 g/mol. The van der Waals surface area contributed by atoms with Gasteiger partial charge in [0.15, 0.2) is 17.5 Å². The van der Waals surface area contributed by atoms with Crippen LogP contribution in [0.15, 0.2) is 146 Å². The van der Waals surface area contributed by atoms with Crippen molar-refractivity contribution in [3.63, 3.8) is 0 Å². The van der Waals surface area contributed by atoms with Crippen LogP contribution in [-0.4, -0.2) is 29.9 Å². The lowest BCUT2D eigenvalue weighted by molar-refractivity contribution is 1.07. The van der Waals surface area contributed by atoms with Gasteiger partial charge in [-0.2, -0.15) is 0 Å². The number of para-hydroxylation sites is 1. The number of aromatic nitrogens is 6. The fourth-order valence-corrected chi connectivity index (χ4v) is 5.46. The molecule has 8 rings (SSSR count). The van der Waals surface area contributed by atoms with Crippen LogP contribution in [0.5, 0.6) is 0 Å². The zero-order valence-corrected chi connectivity index (χ0v) is 23.5. The van der Waals surface area contributed by atoms with Crippen LogP contribution in [0.25, 0.3) is 78.4 Å². The smallest absolute Gasteiger partial charge is 0.165 e. The van der Waals surface area contributed by atoms with Gasteiger partial charge in [0.25, 0.3) is 0 Å². The molecule has 0 bridgehead atoms. The lowest BCUT2D eigenvalue weighted by Crippen LogP contribution is -2.00. The molecule has 6 heteroatoms. The summed E-state index contributed by atoms with van der Waals surface area (Å²) in [5.74, 6) is 1.76. The first-order valence-corrected chi connectivity index (χ1v) is 14.4. The minimum Gasteiger partial charge on any atom is -0.264 e. The van der Waals surface area contributed by atoms with Gasteiger partial charge in [0.05, 0.1) is 16.9 Å². The number of fused-ring (bicyclic) bond motifs is 3. The van der Waals surface area contributed by atoms with Gasteiger partial charge in [0, 0.05) is 46.1 Å². The molecule has 0 saturated carbocycles. The van der Waals surface area contributed by atoms with E-state index in [1.54, 1.807) is 6.20 Å². The van der Waals surface area contributed by atoms with Gasteiger partial charge in [0.2, 0.25) is 0 Å². The second-order valence-electron chi connectivity index (χ2n) is 10.4. The molecule has 0 aliphatic rings. The topological polar surface area (TPSA) is 77.3 Å². The minimum absolute atomic E-state index is 0.556. The van der Waals surface area contributed by atoms with Crippen molar-refractivity contribution in [1.29, 1.82) is 0 Å². The first kappa shape index (κ1) is 25.6. The largest absolute Gasteiger partial charge is 0.264 e. The summed E-state index contributed by atoms with van der Waals surface area (Å²) in [5.41, 5.74) is 7.33. The van der Waals surface area contributed by atoms with Gasteiger partial charge in [0.1, 0.15) is 0 Å². The maximum atomic E-state index is 5.00. The second-order valence-corrected chi connectivity index (χ2v) is 10.4. The molecule has 0 atom stereocenters. The summed E-state index contributed by atoms with van der Waals surface area (Å²) >= 11 is 0. The Kier molecular flexibility index (Phi) is 6.35. The number of nitrogens with zero attached hydrogens (tertiary/aromatic N) is 6. The lowest BCUT2D eigenvalue weighted by Gasteiger charge is -2.11. The van der Waals surface area contributed by atoms with E-state index in [0.29, 0.717) is 17.5 Å². The number of hydrogen-bond acceptors (Lipinski definition) is 6. The maximum Gasteiger partial charge on any atom is 0.165 e. The van der Waals surface area contributed by atoms with E-state index in [2.05, 4.69) is 41.4 Å². The summed E-state index contributed by atoms with van der Waals surface area (Å²) in [6.45, 7) is 0. The van der Waals surface area contributed by atoms with E-state index in [1.165, 1.54) is 0 Å². The maximum absolute atomic E-state index is 5.00. The molecule has 4 heterocycles. The van der Waals surface area contributed by atoms with E-state index in [-0.39, 0.29) is 0 Å². The molecule has 4 aromatic heterocycles. The molecule has 8 aromatic rings. The normalized spacial score (nSPS) is 11.2. The molecule has 4 aromatic carbocycles. The Morgan fingerprint density at radius 2 is 0.955 bits per heavy atom. The number of benzene rings is 4. The average molecular weight is 565 g/mol. The van der Waals surface area contributed by atoms with Crippen molar-refractivity contribution in [3.8, 4) is 56.7 Å². The monoisotopic (exact) mass is 564 g/mol.